The third-order valence-electron chi connectivity index (χ3n) is 7.58. The standard InChI is InChI=1S/C33H40N6O4/c1-22(40)39(33(2,3)4)38-29(24-15-10-7-11-16-24)20-25(23-13-8-6-9-14-23)19-28(30(38)41)36-32(43)35-26-17-12-18-27(21-26)37(5)31(34)42/h6-18,21,25,28-29H,19-20H2,1-5H3,(H2,34,42)(H2,35,36,43). The van der Waals surface area contributed by atoms with Crippen molar-refractivity contribution in [2.75, 3.05) is 17.3 Å². The van der Waals surface area contributed by atoms with Crippen LogP contribution < -0.4 is 21.3 Å². The van der Waals surface area contributed by atoms with Gasteiger partial charge in [0.25, 0.3) is 5.91 Å². The monoisotopic (exact) mass is 584 g/mol. The Morgan fingerprint density at radius 1 is 0.884 bits per heavy atom. The second-order valence-corrected chi connectivity index (χ2v) is 11.8. The number of anilines is 2. The second kappa shape index (κ2) is 13.0. The number of benzene rings is 3. The Labute approximate surface area is 252 Å². The van der Waals surface area contributed by atoms with Crippen molar-refractivity contribution in [3.05, 3.63) is 96.1 Å². The van der Waals surface area contributed by atoms with Gasteiger partial charge >= 0.3 is 12.1 Å². The molecule has 4 rings (SSSR count). The quantitative estimate of drug-likeness (QED) is 0.358. The largest absolute Gasteiger partial charge is 0.351 e. The lowest BCUT2D eigenvalue weighted by atomic mass is 9.86. The summed E-state index contributed by atoms with van der Waals surface area (Å²) in [5.74, 6) is -0.764. The van der Waals surface area contributed by atoms with Crippen molar-refractivity contribution >= 4 is 35.3 Å². The summed E-state index contributed by atoms with van der Waals surface area (Å²) in [6.07, 6.45) is 0.872. The molecule has 6 amide bonds. The normalized spacial score (nSPS) is 18.8. The average Bonchev–Trinajstić information content (AvgIpc) is 3.09. The zero-order valence-corrected chi connectivity index (χ0v) is 25.3. The first kappa shape index (κ1) is 31.1. The summed E-state index contributed by atoms with van der Waals surface area (Å²) in [6, 6.07) is 23.6. The van der Waals surface area contributed by atoms with E-state index in [0.29, 0.717) is 24.2 Å². The maximum Gasteiger partial charge on any atom is 0.319 e. The highest BCUT2D eigenvalue weighted by molar-refractivity contribution is 5.96. The van der Waals surface area contributed by atoms with Crippen molar-refractivity contribution in [2.24, 2.45) is 5.73 Å². The highest BCUT2D eigenvalue weighted by Gasteiger charge is 2.45. The average molecular weight is 585 g/mol. The molecule has 43 heavy (non-hydrogen) atoms. The van der Waals surface area contributed by atoms with Crippen LogP contribution in [0.1, 0.15) is 63.6 Å². The minimum atomic E-state index is -0.945. The SMILES string of the molecule is CC(=O)N(N1C(=O)C(NC(=O)Nc2cccc(N(C)C(N)=O)c2)CC(c2ccccc2)CC1c1ccccc1)C(C)(C)C. The van der Waals surface area contributed by atoms with Gasteiger partial charge in [-0.3, -0.25) is 14.5 Å². The molecule has 3 aromatic rings. The summed E-state index contributed by atoms with van der Waals surface area (Å²) in [4.78, 5) is 54.0. The van der Waals surface area contributed by atoms with Crippen molar-refractivity contribution in [1.29, 1.82) is 0 Å². The zero-order valence-electron chi connectivity index (χ0n) is 25.3. The van der Waals surface area contributed by atoms with Crippen LogP contribution in [0.5, 0.6) is 0 Å². The molecular weight excluding hydrogens is 544 g/mol. The number of nitrogens with one attached hydrogen (secondary N) is 2. The van der Waals surface area contributed by atoms with E-state index >= 15 is 0 Å². The van der Waals surface area contributed by atoms with Crippen molar-refractivity contribution in [2.45, 2.75) is 64.1 Å². The maximum atomic E-state index is 14.5. The fraction of sp³-hybridized carbons (Fsp3) is 0.333. The van der Waals surface area contributed by atoms with E-state index in [9.17, 15) is 19.2 Å². The number of primary amides is 1. The van der Waals surface area contributed by atoms with Crippen LogP contribution in [-0.2, 0) is 9.59 Å². The molecule has 1 saturated heterocycles. The van der Waals surface area contributed by atoms with Crippen LogP contribution in [0.4, 0.5) is 21.0 Å². The lowest BCUT2D eigenvalue weighted by Gasteiger charge is -2.47. The summed E-state index contributed by atoms with van der Waals surface area (Å²) >= 11 is 0. The molecule has 0 aromatic heterocycles. The maximum absolute atomic E-state index is 14.5. The smallest absolute Gasteiger partial charge is 0.319 e. The Balaban J connectivity index is 1.74. The van der Waals surface area contributed by atoms with E-state index < -0.39 is 29.7 Å². The van der Waals surface area contributed by atoms with E-state index in [4.69, 9.17) is 5.73 Å². The van der Waals surface area contributed by atoms with Crippen LogP contribution in [0.3, 0.4) is 0 Å². The molecule has 3 unspecified atom stereocenters. The molecule has 0 bridgehead atoms. The van der Waals surface area contributed by atoms with Crippen molar-refractivity contribution in [3.63, 3.8) is 0 Å². The van der Waals surface area contributed by atoms with E-state index in [1.807, 2.05) is 81.4 Å². The summed E-state index contributed by atoms with van der Waals surface area (Å²) < 4.78 is 0. The molecule has 1 aliphatic heterocycles. The van der Waals surface area contributed by atoms with Gasteiger partial charge in [-0.1, -0.05) is 66.7 Å². The number of hydrogen-bond acceptors (Lipinski definition) is 4. The van der Waals surface area contributed by atoms with Gasteiger partial charge in [0.15, 0.2) is 0 Å². The van der Waals surface area contributed by atoms with E-state index in [-0.39, 0.29) is 17.7 Å². The predicted molar refractivity (Wildman–Crippen MR) is 167 cm³/mol. The first-order chi connectivity index (χ1) is 20.4. The van der Waals surface area contributed by atoms with Gasteiger partial charge in [0.2, 0.25) is 5.91 Å². The van der Waals surface area contributed by atoms with Crippen LogP contribution in [0, 0.1) is 0 Å². The molecule has 3 aromatic carbocycles. The summed E-state index contributed by atoms with van der Waals surface area (Å²) in [5, 5.41) is 8.73. The number of rotatable bonds is 6. The Morgan fingerprint density at radius 2 is 1.49 bits per heavy atom. The number of nitrogens with two attached hydrogens (primary N) is 1. The highest BCUT2D eigenvalue weighted by Crippen LogP contribution is 2.41. The Kier molecular flexibility index (Phi) is 9.38. The first-order valence-electron chi connectivity index (χ1n) is 14.3. The molecule has 1 fully saturated rings. The van der Waals surface area contributed by atoms with E-state index in [0.717, 1.165) is 11.1 Å². The van der Waals surface area contributed by atoms with E-state index in [1.54, 1.807) is 29.3 Å². The van der Waals surface area contributed by atoms with Gasteiger partial charge in [-0.25, -0.2) is 19.6 Å². The van der Waals surface area contributed by atoms with Crippen LogP contribution in [0.25, 0.3) is 0 Å². The van der Waals surface area contributed by atoms with Crippen LogP contribution in [0.2, 0.25) is 0 Å². The Morgan fingerprint density at radius 3 is 2.05 bits per heavy atom. The van der Waals surface area contributed by atoms with Gasteiger partial charge in [-0.05, 0) is 68.9 Å². The van der Waals surface area contributed by atoms with Crippen molar-refractivity contribution in [3.8, 4) is 0 Å². The molecule has 0 saturated carbocycles. The second-order valence-electron chi connectivity index (χ2n) is 11.8. The number of hydrogen-bond donors (Lipinski definition) is 3. The van der Waals surface area contributed by atoms with E-state index in [1.165, 1.54) is 23.9 Å². The molecule has 10 nitrogen and oxygen atoms in total. The number of urea groups is 2. The Hall–Kier alpha value is -4.86. The fourth-order valence-corrected chi connectivity index (χ4v) is 5.66. The zero-order chi connectivity index (χ0) is 31.3. The highest BCUT2D eigenvalue weighted by atomic mass is 16.2. The van der Waals surface area contributed by atoms with Crippen LogP contribution in [-0.4, -0.2) is 52.5 Å². The molecular formula is C33H40N6O4. The van der Waals surface area contributed by atoms with Gasteiger partial charge in [-0.15, -0.1) is 0 Å². The van der Waals surface area contributed by atoms with Gasteiger partial charge in [0, 0.05) is 25.3 Å². The van der Waals surface area contributed by atoms with Crippen molar-refractivity contribution < 1.29 is 19.2 Å². The molecule has 0 aliphatic carbocycles. The molecule has 4 N–H and O–H groups in total. The number of amides is 6. The first-order valence-corrected chi connectivity index (χ1v) is 14.3. The lowest BCUT2D eigenvalue weighted by molar-refractivity contribution is -0.181. The fourth-order valence-electron chi connectivity index (χ4n) is 5.66. The molecule has 10 heteroatoms. The van der Waals surface area contributed by atoms with Crippen LogP contribution in [0.15, 0.2) is 84.9 Å². The topological polar surface area (TPSA) is 128 Å². The predicted octanol–water partition coefficient (Wildman–Crippen LogP) is 5.40. The minimum absolute atomic E-state index is 0.105. The molecule has 1 heterocycles. The summed E-state index contributed by atoms with van der Waals surface area (Å²) in [7, 11) is 1.53. The van der Waals surface area contributed by atoms with Gasteiger partial charge in [0.1, 0.15) is 6.04 Å². The third-order valence-corrected chi connectivity index (χ3v) is 7.58. The summed E-state index contributed by atoms with van der Waals surface area (Å²) in [6.45, 7) is 7.10. The van der Waals surface area contributed by atoms with Crippen molar-refractivity contribution in [1.82, 2.24) is 15.3 Å². The minimum Gasteiger partial charge on any atom is -0.351 e. The van der Waals surface area contributed by atoms with Gasteiger partial charge < -0.3 is 16.4 Å². The van der Waals surface area contributed by atoms with Crippen LogP contribution >= 0.6 is 0 Å². The van der Waals surface area contributed by atoms with Gasteiger partial charge in [0.05, 0.1) is 11.6 Å². The molecule has 3 atom stereocenters. The number of carbonyl (C=O) groups is 4. The number of hydrazine groups is 1. The number of nitrogens with zero attached hydrogens (tertiary/aromatic N) is 3. The third kappa shape index (κ3) is 7.32. The van der Waals surface area contributed by atoms with Gasteiger partial charge in [-0.2, -0.15) is 0 Å². The molecule has 226 valence electrons. The molecule has 0 radical (unpaired) electrons. The summed E-state index contributed by atoms with van der Waals surface area (Å²) in [5.41, 5.74) is 7.53. The number of carbonyl (C=O) groups excluding carboxylic acids is 4. The van der Waals surface area contributed by atoms with E-state index in [2.05, 4.69) is 10.6 Å². The molecule has 0 spiro atoms. The lowest BCUT2D eigenvalue weighted by Crippen LogP contribution is -2.61. The Bertz CT molecular complexity index is 1460. The molecule has 1 aliphatic rings.